The van der Waals surface area contributed by atoms with Crippen LogP contribution in [0.15, 0.2) is 18.7 Å². The van der Waals surface area contributed by atoms with Crippen LogP contribution in [0, 0.1) is 0 Å². The molecule has 0 saturated carbocycles. The number of nitrogens with zero attached hydrogens (tertiary/aromatic N) is 5. The normalized spacial score (nSPS) is 10.8. The average Bonchev–Trinajstić information content (AvgIpc) is 2.76. The average molecular weight is 206 g/mol. The van der Waals surface area contributed by atoms with Gasteiger partial charge in [-0.3, -0.25) is 9.36 Å². The molecule has 6 heteroatoms. The Morgan fingerprint density at radius 2 is 2.13 bits per heavy atom. The van der Waals surface area contributed by atoms with Crippen LogP contribution in [-0.2, 0) is 27.2 Å². The maximum Gasteiger partial charge on any atom is 0.164 e. The number of hydrogen-bond acceptors (Lipinski definition) is 4. The van der Waals surface area contributed by atoms with E-state index in [0.29, 0.717) is 6.54 Å². The fraction of sp³-hybridized carbons (Fsp3) is 0.444. The quantitative estimate of drug-likeness (QED) is 0.755. The molecular weight excluding hydrogens is 192 g/mol. The second kappa shape index (κ2) is 4.22. The van der Waals surface area contributed by atoms with Crippen LogP contribution in [0.4, 0.5) is 0 Å². The van der Waals surface area contributed by atoms with Crippen LogP contribution in [0.5, 0.6) is 0 Å². The molecule has 0 saturated heterocycles. The molecule has 0 amide bonds. The van der Waals surface area contributed by atoms with Crippen molar-refractivity contribution in [3.8, 4) is 0 Å². The van der Waals surface area contributed by atoms with Crippen molar-refractivity contribution >= 4 is 0 Å². The second-order valence-corrected chi connectivity index (χ2v) is 3.46. The lowest BCUT2D eigenvalue weighted by Crippen LogP contribution is -2.13. The molecule has 0 aliphatic rings. The monoisotopic (exact) mass is 206 g/mol. The SMILES string of the molecule is Cn1cc(CNCc2ncn(C)n2)cn1. The van der Waals surface area contributed by atoms with E-state index in [9.17, 15) is 0 Å². The lowest BCUT2D eigenvalue weighted by molar-refractivity contribution is 0.648. The fourth-order valence-corrected chi connectivity index (χ4v) is 1.35. The number of rotatable bonds is 4. The lowest BCUT2D eigenvalue weighted by atomic mass is 10.3. The van der Waals surface area contributed by atoms with Gasteiger partial charge in [0.05, 0.1) is 12.7 Å². The summed E-state index contributed by atoms with van der Waals surface area (Å²) in [5, 5.41) is 11.5. The van der Waals surface area contributed by atoms with Crippen LogP contribution in [0.25, 0.3) is 0 Å². The highest BCUT2D eigenvalue weighted by Gasteiger charge is 1.99. The molecule has 80 valence electrons. The third-order valence-electron chi connectivity index (χ3n) is 2.02. The first-order valence-electron chi connectivity index (χ1n) is 4.77. The van der Waals surface area contributed by atoms with Gasteiger partial charge in [0.1, 0.15) is 6.33 Å². The van der Waals surface area contributed by atoms with E-state index in [2.05, 4.69) is 20.5 Å². The van der Waals surface area contributed by atoms with Gasteiger partial charge in [-0.25, -0.2) is 4.98 Å². The zero-order valence-corrected chi connectivity index (χ0v) is 8.88. The summed E-state index contributed by atoms with van der Waals surface area (Å²) >= 11 is 0. The van der Waals surface area contributed by atoms with Crippen LogP contribution >= 0.6 is 0 Å². The minimum Gasteiger partial charge on any atom is -0.306 e. The molecule has 0 aromatic carbocycles. The molecule has 0 spiro atoms. The molecule has 0 unspecified atom stereocenters. The van der Waals surface area contributed by atoms with Gasteiger partial charge in [0.2, 0.25) is 0 Å². The third kappa shape index (κ3) is 2.63. The summed E-state index contributed by atoms with van der Waals surface area (Å²) in [6, 6.07) is 0. The lowest BCUT2D eigenvalue weighted by Gasteiger charge is -1.98. The van der Waals surface area contributed by atoms with E-state index >= 15 is 0 Å². The summed E-state index contributed by atoms with van der Waals surface area (Å²) in [5.41, 5.74) is 1.16. The Morgan fingerprint density at radius 3 is 2.73 bits per heavy atom. The largest absolute Gasteiger partial charge is 0.306 e. The van der Waals surface area contributed by atoms with Crippen LogP contribution < -0.4 is 5.32 Å². The van der Waals surface area contributed by atoms with Gasteiger partial charge in [-0.15, -0.1) is 0 Å². The summed E-state index contributed by atoms with van der Waals surface area (Å²) in [6.07, 6.45) is 5.53. The molecule has 2 aromatic heterocycles. The fourth-order valence-electron chi connectivity index (χ4n) is 1.35. The number of aryl methyl sites for hydroxylation is 2. The van der Waals surface area contributed by atoms with Gasteiger partial charge in [-0.2, -0.15) is 10.2 Å². The van der Waals surface area contributed by atoms with Crippen LogP contribution in [0.1, 0.15) is 11.4 Å². The van der Waals surface area contributed by atoms with Gasteiger partial charge in [-0.1, -0.05) is 0 Å². The van der Waals surface area contributed by atoms with Crippen molar-refractivity contribution in [2.75, 3.05) is 0 Å². The van der Waals surface area contributed by atoms with E-state index in [0.717, 1.165) is 17.9 Å². The molecule has 15 heavy (non-hydrogen) atoms. The Kier molecular flexibility index (Phi) is 2.77. The van der Waals surface area contributed by atoms with E-state index in [1.165, 1.54) is 0 Å². The molecule has 2 rings (SSSR count). The Balaban J connectivity index is 1.80. The van der Waals surface area contributed by atoms with Crippen molar-refractivity contribution in [3.05, 3.63) is 30.1 Å². The van der Waals surface area contributed by atoms with Crippen LogP contribution in [-0.4, -0.2) is 24.5 Å². The Bertz CT molecular complexity index is 389. The van der Waals surface area contributed by atoms with Crippen molar-refractivity contribution in [2.45, 2.75) is 13.1 Å². The summed E-state index contributed by atoms with van der Waals surface area (Å²) < 4.78 is 3.48. The Hall–Kier alpha value is -1.69. The first-order valence-corrected chi connectivity index (χ1v) is 4.77. The van der Waals surface area contributed by atoms with Gasteiger partial charge in [0.25, 0.3) is 0 Å². The van der Waals surface area contributed by atoms with Gasteiger partial charge < -0.3 is 5.32 Å². The second-order valence-electron chi connectivity index (χ2n) is 3.46. The first-order chi connectivity index (χ1) is 7.24. The molecular formula is C9H14N6. The molecule has 2 heterocycles. The van der Waals surface area contributed by atoms with Crippen molar-refractivity contribution in [3.63, 3.8) is 0 Å². The maximum atomic E-state index is 4.17. The minimum absolute atomic E-state index is 0.676. The zero-order valence-electron chi connectivity index (χ0n) is 8.88. The molecule has 6 nitrogen and oxygen atoms in total. The highest BCUT2D eigenvalue weighted by molar-refractivity contribution is 5.02. The molecule has 0 atom stereocenters. The number of aromatic nitrogens is 5. The summed E-state index contributed by atoms with van der Waals surface area (Å²) in [4.78, 5) is 4.12. The smallest absolute Gasteiger partial charge is 0.164 e. The summed E-state index contributed by atoms with van der Waals surface area (Å²) in [6.45, 7) is 1.46. The molecule has 2 aromatic rings. The van der Waals surface area contributed by atoms with Gasteiger partial charge >= 0.3 is 0 Å². The van der Waals surface area contributed by atoms with E-state index in [-0.39, 0.29) is 0 Å². The van der Waals surface area contributed by atoms with Crippen molar-refractivity contribution < 1.29 is 0 Å². The molecule has 0 aliphatic carbocycles. The third-order valence-corrected chi connectivity index (χ3v) is 2.02. The topological polar surface area (TPSA) is 60.6 Å². The van der Waals surface area contributed by atoms with Gasteiger partial charge in [0, 0.05) is 32.4 Å². The number of nitrogens with one attached hydrogen (secondary N) is 1. The van der Waals surface area contributed by atoms with Crippen molar-refractivity contribution in [2.24, 2.45) is 14.1 Å². The summed E-state index contributed by atoms with van der Waals surface area (Å²) in [5.74, 6) is 0.807. The first kappa shape index (κ1) is 9.85. The van der Waals surface area contributed by atoms with E-state index in [1.54, 1.807) is 15.7 Å². The minimum atomic E-state index is 0.676. The van der Waals surface area contributed by atoms with Crippen LogP contribution in [0.3, 0.4) is 0 Å². The van der Waals surface area contributed by atoms with E-state index in [1.807, 2.05) is 26.5 Å². The molecule has 1 N–H and O–H groups in total. The predicted molar refractivity (Wildman–Crippen MR) is 54.8 cm³/mol. The molecule has 0 fully saturated rings. The highest BCUT2D eigenvalue weighted by atomic mass is 15.3. The van der Waals surface area contributed by atoms with Crippen molar-refractivity contribution in [1.82, 2.24) is 29.9 Å². The Labute approximate surface area is 87.9 Å². The van der Waals surface area contributed by atoms with Crippen LogP contribution in [0.2, 0.25) is 0 Å². The van der Waals surface area contributed by atoms with Crippen molar-refractivity contribution in [1.29, 1.82) is 0 Å². The van der Waals surface area contributed by atoms with Gasteiger partial charge in [-0.05, 0) is 0 Å². The zero-order chi connectivity index (χ0) is 10.7. The molecule has 0 bridgehead atoms. The maximum absolute atomic E-state index is 4.17. The molecule has 0 aliphatic heterocycles. The van der Waals surface area contributed by atoms with Gasteiger partial charge in [0.15, 0.2) is 5.82 Å². The molecule has 0 radical (unpaired) electrons. The number of hydrogen-bond donors (Lipinski definition) is 1. The van der Waals surface area contributed by atoms with E-state index < -0.39 is 0 Å². The Morgan fingerprint density at radius 1 is 1.27 bits per heavy atom. The highest BCUT2D eigenvalue weighted by Crippen LogP contribution is 1.95. The standard InChI is InChI=1S/C9H14N6/c1-14-6-8(4-12-14)3-10-5-9-11-7-15(2)13-9/h4,6-7,10H,3,5H2,1-2H3. The summed E-state index contributed by atoms with van der Waals surface area (Å²) in [7, 11) is 3.77. The van der Waals surface area contributed by atoms with E-state index in [4.69, 9.17) is 0 Å². The predicted octanol–water partition coefficient (Wildman–Crippen LogP) is -0.162.